The number of nitrogens with zero attached hydrogens (tertiary/aromatic N) is 3. The molecule has 3 heterocycles. The van der Waals surface area contributed by atoms with E-state index in [9.17, 15) is 8.42 Å². The van der Waals surface area contributed by atoms with Gasteiger partial charge in [-0.2, -0.15) is 4.31 Å². The molecule has 174 valence electrons. The molecule has 0 atom stereocenters. The third kappa shape index (κ3) is 4.86. The van der Waals surface area contributed by atoms with E-state index in [1.54, 1.807) is 41.0 Å². The number of anilines is 2. The topological polar surface area (TPSA) is 103 Å². The Morgan fingerprint density at radius 1 is 0.941 bits per heavy atom. The molecular formula is C25H26N6O2S. The molecule has 5 rings (SSSR count). The number of nitrogens with one attached hydrogen (secondary N) is 3. The Labute approximate surface area is 198 Å². The predicted molar refractivity (Wildman–Crippen MR) is 135 cm³/mol. The number of sulfonamides is 1. The van der Waals surface area contributed by atoms with Gasteiger partial charge in [-0.1, -0.05) is 24.3 Å². The molecule has 34 heavy (non-hydrogen) atoms. The van der Waals surface area contributed by atoms with Gasteiger partial charge in [0.2, 0.25) is 16.0 Å². The van der Waals surface area contributed by atoms with Crippen LogP contribution in [0.5, 0.6) is 0 Å². The number of aromatic nitrogens is 3. The molecule has 1 aliphatic rings. The lowest BCUT2D eigenvalue weighted by atomic mass is 10.1. The highest BCUT2D eigenvalue weighted by atomic mass is 32.2. The van der Waals surface area contributed by atoms with Gasteiger partial charge >= 0.3 is 0 Å². The molecule has 0 amide bonds. The van der Waals surface area contributed by atoms with Crippen molar-refractivity contribution in [3.05, 3.63) is 78.2 Å². The maximum Gasteiger partial charge on any atom is 0.243 e. The Hall–Kier alpha value is -3.53. The van der Waals surface area contributed by atoms with Crippen molar-refractivity contribution >= 4 is 44.7 Å². The smallest absolute Gasteiger partial charge is 0.243 e. The number of hydrogen-bond donors (Lipinski definition) is 3. The van der Waals surface area contributed by atoms with Gasteiger partial charge in [-0.3, -0.25) is 0 Å². The van der Waals surface area contributed by atoms with Gasteiger partial charge in [0.15, 0.2) is 0 Å². The third-order valence-corrected chi connectivity index (χ3v) is 7.72. The van der Waals surface area contributed by atoms with Gasteiger partial charge in [0.05, 0.1) is 4.90 Å². The van der Waals surface area contributed by atoms with Crippen LogP contribution in [0, 0.1) is 0 Å². The minimum Gasteiger partial charge on any atom is -0.361 e. The molecule has 2 aromatic carbocycles. The summed E-state index contributed by atoms with van der Waals surface area (Å²) >= 11 is 0. The van der Waals surface area contributed by atoms with Crippen LogP contribution in [0.4, 0.5) is 11.6 Å². The highest BCUT2D eigenvalue weighted by Gasteiger charge is 2.24. The van der Waals surface area contributed by atoms with E-state index in [0.717, 1.165) is 40.7 Å². The molecule has 0 bridgehead atoms. The zero-order valence-electron chi connectivity index (χ0n) is 18.6. The number of rotatable bonds is 6. The molecule has 0 radical (unpaired) electrons. The zero-order chi connectivity index (χ0) is 23.4. The minimum absolute atomic E-state index is 0.291. The van der Waals surface area contributed by atoms with E-state index in [0.29, 0.717) is 30.5 Å². The van der Waals surface area contributed by atoms with Crippen molar-refractivity contribution in [3.8, 4) is 0 Å². The fourth-order valence-corrected chi connectivity index (χ4v) is 5.46. The molecule has 0 unspecified atom stereocenters. The number of benzene rings is 2. The monoisotopic (exact) mass is 474 g/mol. The first-order valence-corrected chi connectivity index (χ1v) is 12.7. The first-order valence-electron chi connectivity index (χ1n) is 11.2. The largest absolute Gasteiger partial charge is 0.361 e. The van der Waals surface area contributed by atoms with Crippen molar-refractivity contribution in [1.82, 2.24) is 24.6 Å². The molecule has 9 heteroatoms. The molecule has 0 spiro atoms. The number of H-pyrrole nitrogens is 1. The van der Waals surface area contributed by atoms with E-state index < -0.39 is 10.0 Å². The highest BCUT2D eigenvalue weighted by molar-refractivity contribution is 7.89. The van der Waals surface area contributed by atoms with Crippen LogP contribution in [0.25, 0.3) is 23.1 Å². The van der Waals surface area contributed by atoms with E-state index in [1.165, 1.54) is 0 Å². The van der Waals surface area contributed by atoms with Crippen LogP contribution < -0.4 is 10.6 Å². The minimum atomic E-state index is -3.50. The second-order valence-corrected chi connectivity index (χ2v) is 10.1. The highest BCUT2D eigenvalue weighted by Crippen LogP contribution is 2.22. The molecule has 1 aliphatic heterocycles. The van der Waals surface area contributed by atoms with E-state index in [4.69, 9.17) is 0 Å². The summed E-state index contributed by atoms with van der Waals surface area (Å²) < 4.78 is 27.4. The second-order valence-electron chi connectivity index (χ2n) is 8.12. The Balaban J connectivity index is 1.25. The van der Waals surface area contributed by atoms with Crippen molar-refractivity contribution in [3.63, 3.8) is 0 Å². The predicted octanol–water partition coefficient (Wildman–Crippen LogP) is 3.86. The van der Waals surface area contributed by atoms with Gasteiger partial charge < -0.3 is 15.6 Å². The van der Waals surface area contributed by atoms with Crippen LogP contribution in [0.2, 0.25) is 0 Å². The average molecular weight is 475 g/mol. The van der Waals surface area contributed by atoms with Gasteiger partial charge in [0.25, 0.3) is 0 Å². The number of hydrogen-bond acceptors (Lipinski definition) is 6. The SMILES string of the molecule is O=S(=O)(c1ccc(Nc2ncc(C=Cc3cccc4[nH]ccc34)cn2)cc1)N1CCCNCC1. The summed E-state index contributed by atoms with van der Waals surface area (Å²) in [6.45, 7) is 2.53. The quantitative estimate of drug-likeness (QED) is 0.392. The molecule has 4 aromatic rings. The van der Waals surface area contributed by atoms with Crippen LogP contribution in [0.3, 0.4) is 0 Å². The van der Waals surface area contributed by atoms with Gasteiger partial charge in [-0.05, 0) is 54.9 Å². The summed E-state index contributed by atoms with van der Waals surface area (Å²) in [5, 5.41) is 7.52. The van der Waals surface area contributed by atoms with Gasteiger partial charge in [0.1, 0.15) is 0 Å². The lowest BCUT2D eigenvalue weighted by Crippen LogP contribution is -2.34. The number of fused-ring (bicyclic) bond motifs is 1. The summed E-state index contributed by atoms with van der Waals surface area (Å²) in [4.78, 5) is 12.3. The summed E-state index contributed by atoms with van der Waals surface area (Å²) in [5.41, 5.74) is 3.82. The third-order valence-electron chi connectivity index (χ3n) is 5.80. The molecule has 1 saturated heterocycles. The first kappa shape index (κ1) is 22.3. The fraction of sp³-hybridized carbons (Fsp3) is 0.200. The van der Waals surface area contributed by atoms with Gasteiger partial charge in [0, 0.05) is 60.4 Å². The summed E-state index contributed by atoms with van der Waals surface area (Å²) in [6, 6.07) is 14.9. The molecule has 3 N–H and O–H groups in total. The van der Waals surface area contributed by atoms with E-state index >= 15 is 0 Å². The van der Waals surface area contributed by atoms with Crippen molar-refractivity contribution in [1.29, 1.82) is 0 Å². The molecule has 0 aliphatic carbocycles. The van der Waals surface area contributed by atoms with Crippen LogP contribution in [0.15, 0.2) is 72.0 Å². The van der Waals surface area contributed by atoms with Gasteiger partial charge in [-0.25, -0.2) is 18.4 Å². The molecule has 8 nitrogen and oxygen atoms in total. The molecule has 1 fully saturated rings. The van der Waals surface area contributed by atoms with Crippen LogP contribution in [-0.2, 0) is 10.0 Å². The zero-order valence-corrected chi connectivity index (χ0v) is 19.4. The summed E-state index contributed by atoms with van der Waals surface area (Å²) in [5.74, 6) is 0.444. The first-order chi connectivity index (χ1) is 16.6. The van der Waals surface area contributed by atoms with E-state index in [-0.39, 0.29) is 0 Å². The Kier molecular flexibility index (Phi) is 6.39. The molecular weight excluding hydrogens is 448 g/mol. The maximum absolute atomic E-state index is 12.9. The molecule has 0 saturated carbocycles. The second kappa shape index (κ2) is 9.76. The van der Waals surface area contributed by atoms with E-state index in [2.05, 4.69) is 37.7 Å². The maximum atomic E-state index is 12.9. The Morgan fingerprint density at radius 3 is 2.59 bits per heavy atom. The summed E-state index contributed by atoms with van der Waals surface area (Å²) in [6.07, 6.45) is 10.2. The van der Waals surface area contributed by atoms with Crippen molar-refractivity contribution in [2.24, 2.45) is 0 Å². The van der Waals surface area contributed by atoms with Crippen LogP contribution in [-0.4, -0.2) is 53.9 Å². The normalized spacial score (nSPS) is 15.5. The average Bonchev–Trinajstić information content (AvgIpc) is 3.17. The van der Waals surface area contributed by atoms with Crippen LogP contribution >= 0.6 is 0 Å². The van der Waals surface area contributed by atoms with Crippen LogP contribution in [0.1, 0.15) is 17.5 Å². The standard InChI is InChI=1S/C25H26N6O2S/c32-34(33,31-15-2-12-26-14-16-31)22-9-7-21(8-10-22)30-25-28-17-19(18-29-25)5-6-20-3-1-4-24-23(20)11-13-27-24/h1,3-11,13,17-18,26-27H,2,12,14-16H2,(H,28,29,30). The van der Waals surface area contributed by atoms with E-state index in [1.807, 2.05) is 30.5 Å². The lowest BCUT2D eigenvalue weighted by molar-refractivity contribution is 0.432. The van der Waals surface area contributed by atoms with Crippen molar-refractivity contribution in [2.75, 3.05) is 31.5 Å². The van der Waals surface area contributed by atoms with Crippen molar-refractivity contribution < 1.29 is 8.42 Å². The number of aromatic amines is 1. The summed E-state index contributed by atoms with van der Waals surface area (Å²) in [7, 11) is -3.50. The lowest BCUT2D eigenvalue weighted by Gasteiger charge is -2.19. The fourth-order valence-electron chi connectivity index (χ4n) is 3.98. The Morgan fingerprint density at radius 2 is 1.76 bits per heavy atom. The van der Waals surface area contributed by atoms with Gasteiger partial charge in [-0.15, -0.1) is 0 Å². The van der Waals surface area contributed by atoms with Crippen molar-refractivity contribution in [2.45, 2.75) is 11.3 Å². The molecule has 2 aromatic heterocycles. The Bertz CT molecular complexity index is 1390.